The molecule has 0 aromatic rings. The molecule has 4 bridgehead atoms. The molecule has 4 aliphatic carbocycles. The van der Waals surface area contributed by atoms with Crippen LogP contribution in [0.3, 0.4) is 0 Å². The van der Waals surface area contributed by atoms with Gasteiger partial charge in [0, 0.05) is 10.8 Å². The van der Waals surface area contributed by atoms with Gasteiger partial charge in [0.1, 0.15) is 0 Å². The van der Waals surface area contributed by atoms with Crippen molar-refractivity contribution < 1.29 is 9.59 Å². The van der Waals surface area contributed by atoms with E-state index in [9.17, 15) is 9.59 Å². The van der Waals surface area contributed by atoms with E-state index < -0.39 is 0 Å². The number of Topliss-reactive ketones (excluding diaryl/α,β-unsaturated/α-hetero) is 2. The molecule has 2 heteroatoms. The molecule has 0 aliphatic heterocycles. The van der Waals surface area contributed by atoms with Crippen LogP contribution in [0.15, 0.2) is 23.3 Å². The van der Waals surface area contributed by atoms with Crippen molar-refractivity contribution in [2.45, 2.75) is 67.2 Å². The first-order chi connectivity index (χ1) is 11.0. The average Bonchev–Trinajstić information content (AvgIpc) is 2.97. The average molecular weight is 326 g/mol. The molecule has 24 heavy (non-hydrogen) atoms. The third-order valence-electron chi connectivity index (χ3n) is 9.17. The second kappa shape index (κ2) is 4.31. The molecule has 4 rings (SSSR count). The minimum atomic E-state index is -0.216. The quantitative estimate of drug-likeness (QED) is 0.643. The van der Waals surface area contributed by atoms with E-state index in [2.05, 4.69) is 41.5 Å². The molecule has 0 saturated heterocycles. The molecule has 0 N–H and O–H groups in total. The molecule has 0 radical (unpaired) electrons. The van der Waals surface area contributed by atoms with Crippen molar-refractivity contribution in [2.24, 2.45) is 33.5 Å². The first-order valence-electron chi connectivity index (χ1n) is 9.50. The van der Waals surface area contributed by atoms with Crippen LogP contribution >= 0.6 is 0 Å². The summed E-state index contributed by atoms with van der Waals surface area (Å²) in [6.45, 7) is 13.2. The van der Waals surface area contributed by atoms with Crippen molar-refractivity contribution in [3.05, 3.63) is 23.3 Å². The Hall–Kier alpha value is -1.18. The maximum absolute atomic E-state index is 13.0. The Bertz CT molecular complexity index is 658. The van der Waals surface area contributed by atoms with Crippen LogP contribution in [-0.2, 0) is 9.59 Å². The van der Waals surface area contributed by atoms with Gasteiger partial charge in [0.05, 0.1) is 0 Å². The zero-order valence-electron chi connectivity index (χ0n) is 16.0. The molecule has 0 unspecified atom stereocenters. The standard InChI is InChI=1S/C22H30O2/c1-19(2)15-9-11-21(19,5)17(23)13(15)7-8-14-16-10-12-22(6,18(14)24)20(16,3)4/h7-8,15-16H,9-12H2,1-6H3/b13-7-,14-8-/t15-,16+,21-,22-/m1/s1. The Kier molecular flexibility index (Phi) is 2.93. The largest absolute Gasteiger partial charge is 0.294 e. The van der Waals surface area contributed by atoms with Gasteiger partial charge in [-0.05, 0) is 59.5 Å². The predicted molar refractivity (Wildman–Crippen MR) is 95.4 cm³/mol. The second-order valence-electron chi connectivity index (χ2n) is 10.2. The highest BCUT2D eigenvalue weighted by Crippen LogP contribution is 2.67. The monoisotopic (exact) mass is 326 g/mol. The van der Waals surface area contributed by atoms with E-state index in [-0.39, 0.29) is 21.7 Å². The molecule has 4 aliphatic rings. The van der Waals surface area contributed by atoms with E-state index in [1.807, 2.05) is 12.2 Å². The fourth-order valence-electron chi connectivity index (χ4n) is 6.42. The zero-order valence-corrected chi connectivity index (χ0v) is 16.0. The molecule has 130 valence electrons. The molecule has 4 saturated carbocycles. The molecule has 2 nitrogen and oxygen atoms in total. The molecule has 0 spiro atoms. The minimum Gasteiger partial charge on any atom is -0.294 e. The lowest BCUT2D eigenvalue weighted by Gasteiger charge is -2.31. The van der Waals surface area contributed by atoms with Crippen molar-refractivity contribution in [1.29, 1.82) is 0 Å². The van der Waals surface area contributed by atoms with E-state index >= 15 is 0 Å². The Balaban J connectivity index is 1.74. The second-order valence-corrected chi connectivity index (χ2v) is 10.2. The summed E-state index contributed by atoms with van der Waals surface area (Å²) in [5, 5.41) is 0. The molecular formula is C22H30O2. The number of rotatable bonds is 1. The van der Waals surface area contributed by atoms with Gasteiger partial charge in [-0.15, -0.1) is 0 Å². The summed E-state index contributed by atoms with van der Waals surface area (Å²) >= 11 is 0. The number of hydrogen-bond acceptors (Lipinski definition) is 2. The lowest BCUT2D eigenvalue weighted by Crippen LogP contribution is -2.32. The molecular weight excluding hydrogens is 296 g/mol. The lowest BCUT2D eigenvalue weighted by molar-refractivity contribution is -0.126. The van der Waals surface area contributed by atoms with Gasteiger partial charge >= 0.3 is 0 Å². The maximum atomic E-state index is 13.0. The highest BCUT2D eigenvalue weighted by Gasteiger charge is 2.65. The van der Waals surface area contributed by atoms with E-state index in [1.54, 1.807) is 0 Å². The van der Waals surface area contributed by atoms with Crippen molar-refractivity contribution in [2.75, 3.05) is 0 Å². The highest BCUT2D eigenvalue weighted by atomic mass is 16.1. The van der Waals surface area contributed by atoms with Crippen LogP contribution in [0.2, 0.25) is 0 Å². The van der Waals surface area contributed by atoms with E-state index in [0.29, 0.717) is 23.4 Å². The predicted octanol–water partition coefficient (Wildman–Crippen LogP) is 4.89. The zero-order chi connectivity index (χ0) is 17.7. The van der Waals surface area contributed by atoms with Crippen LogP contribution in [-0.4, -0.2) is 11.6 Å². The van der Waals surface area contributed by atoms with Crippen molar-refractivity contribution >= 4 is 11.6 Å². The van der Waals surface area contributed by atoms with Gasteiger partial charge in [-0.2, -0.15) is 0 Å². The number of carbonyl (C=O) groups excluding carboxylic acids is 2. The van der Waals surface area contributed by atoms with Gasteiger partial charge in [-0.1, -0.05) is 53.7 Å². The first kappa shape index (κ1) is 16.3. The Morgan fingerprint density at radius 2 is 1.04 bits per heavy atom. The number of hydrogen-bond donors (Lipinski definition) is 0. The Labute approximate surface area is 145 Å². The summed E-state index contributed by atoms with van der Waals surface area (Å²) in [5.74, 6) is 1.34. The van der Waals surface area contributed by atoms with Gasteiger partial charge in [0.2, 0.25) is 0 Å². The SMILES string of the molecule is CC1(C)[C@@H]2CC[C@]1(C)C(=O)/C2=C\C=C1/C(=O)[C@@]2(C)CC[C@@H]1C2(C)C. The number of ketones is 2. The van der Waals surface area contributed by atoms with Gasteiger partial charge in [-0.25, -0.2) is 0 Å². The van der Waals surface area contributed by atoms with Crippen LogP contribution in [0, 0.1) is 33.5 Å². The van der Waals surface area contributed by atoms with Crippen molar-refractivity contribution in [1.82, 2.24) is 0 Å². The molecule has 0 aromatic heterocycles. The normalized spacial score (nSPS) is 48.2. The number of carbonyl (C=O) groups is 2. The summed E-state index contributed by atoms with van der Waals surface area (Å²) in [6.07, 6.45) is 8.25. The molecule has 0 amide bonds. The van der Waals surface area contributed by atoms with Crippen molar-refractivity contribution in [3.8, 4) is 0 Å². The fourth-order valence-corrected chi connectivity index (χ4v) is 6.42. The molecule has 0 aromatic carbocycles. The lowest BCUT2D eigenvalue weighted by atomic mass is 9.70. The topological polar surface area (TPSA) is 34.1 Å². The van der Waals surface area contributed by atoms with Gasteiger partial charge < -0.3 is 0 Å². The van der Waals surface area contributed by atoms with E-state index in [0.717, 1.165) is 36.8 Å². The third kappa shape index (κ3) is 1.50. The highest BCUT2D eigenvalue weighted by molar-refractivity contribution is 6.07. The number of fused-ring (bicyclic) bond motifs is 4. The van der Waals surface area contributed by atoms with Crippen molar-refractivity contribution in [3.63, 3.8) is 0 Å². The summed E-state index contributed by atoms with van der Waals surface area (Å²) in [5.41, 5.74) is 1.59. The number of allylic oxidation sites excluding steroid dienone is 4. The van der Waals surface area contributed by atoms with Crippen LogP contribution < -0.4 is 0 Å². The molecule has 4 fully saturated rings. The van der Waals surface area contributed by atoms with Gasteiger partial charge in [0.15, 0.2) is 11.6 Å². The summed E-state index contributed by atoms with van der Waals surface area (Å²) in [6, 6.07) is 0. The van der Waals surface area contributed by atoms with E-state index in [4.69, 9.17) is 0 Å². The van der Waals surface area contributed by atoms with Crippen LogP contribution in [0.1, 0.15) is 67.2 Å². The maximum Gasteiger partial charge on any atom is 0.165 e. The molecule has 4 atom stereocenters. The van der Waals surface area contributed by atoms with Crippen LogP contribution in [0.4, 0.5) is 0 Å². The Morgan fingerprint density at radius 1 is 0.708 bits per heavy atom. The third-order valence-corrected chi connectivity index (χ3v) is 9.17. The Morgan fingerprint density at radius 3 is 1.29 bits per heavy atom. The van der Waals surface area contributed by atoms with Crippen LogP contribution in [0.5, 0.6) is 0 Å². The fraction of sp³-hybridized carbons (Fsp3) is 0.727. The van der Waals surface area contributed by atoms with Crippen LogP contribution in [0.25, 0.3) is 0 Å². The molecule has 0 heterocycles. The van der Waals surface area contributed by atoms with Gasteiger partial charge in [0.25, 0.3) is 0 Å². The minimum absolute atomic E-state index is 0.0400. The first-order valence-corrected chi connectivity index (χ1v) is 9.50. The smallest absolute Gasteiger partial charge is 0.165 e. The summed E-state index contributed by atoms with van der Waals surface area (Å²) < 4.78 is 0. The van der Waals surface area contributed by atoms with Gasteiger partial charge in [-0.3, -0.25) is 9.59 Å². The summed E-state index contributed by atoms with van der Waals surface area (Å²) in [4.78, 5) is 25.9. The summed E-state index contributed by atoms with van der Waals surface area (Å²) in [7, 11) is 0. The van der Waals surface area contributed by atoms with E-state index in [1.165, 1.54) is 0 Å².